The summed E-state index contributed by atoms with van der Waals surface area (Å²) in [5.74, 6) is -1.03. The Morgan fingerprint density at radius 1 is 1.11 bits per heavy atom. The van der Waals surface area contributed by atoms with E-state index in [-0.39, 0.29) is 22.0 Å². The van der Waals surface area contributed by atoms with E-state index in [1.165, 1.54) is 18.2 Å². The van der Waals surface area contributed by atoms with Crippen LogP contribution in [0.25, 0.3) is 11.3 Å². The predicted octanol–water partition coefficient (Wildman–Crippen LogP) is 3.66. The third-order valence-electron chi connectivity index (χ3n) is 3.92. The predicted molar refractivity (Wildman–Crippen MR) is 99.7 cm³/mol. The molecule has 1 aromatic heterocycles. The fraction of sp³-hybridized carbons (Fsp3) is 0.0556. The van der Waals surface area contributed by atoms with Crippen molar-refractivity contribution in [3.63, 3.8) is 0 Å². The van der Waals surface area contributed by atoms with E-state index >= 15 is 0 Å². The van der Waals surface area contributed by atoms with Crippen LogP contribution >= 0.6 is 0 Å². The van der Waals surface area contributed by atoms with E-state index in [1.807, 2.05) is 0 Å². The van der Waals surface area contributed by atoms with Crippen molar-refractivity contribution in [3.8, 4) is 11.3 Å². The lowest BCUT2D eigenvalue weighted by Gasteiger charge is -2.10. The van der Waals surface area contributed by atoms with Crippen LogP contribution < -0.4 is 4.72 Å². The number of anilines is 1. The van der Waals surface area contributed by atoms with E-state index < -0.39 is 20.9 Å². The fourth-order valence-corrected chi connectivity index (χ4v) is 3.61. The Kier molecular flexibility index (Phi) is 4.89. The third-order valence-corrected chi connectivity index (χ3v) is 5.32. The number of aromatic carboxylic acids is 1. The summed E-state index contributed by atoms with van der Waals surface area (Å²) >= 11 is 0. The number of aryl methyl sites for hydroxylation is 1. The summed E-state index contributed by atoms with van der Waals surface area (Å²) in [5.41, 5.74) is 1.35. The van der Waals surface area contributed by atoms with Gasteiger partial charge in [0.15, 0.2) is 0 Å². The van der Waals surface area contributed by atoms with Crippen LogP contribution in [0.2, 0.25) is 0 Å². The molecule has 0 saturated heterocycles. The van der Waals surface area contributed by atoms with Gasteiger partial charge in [0.1, 0.15) is 5.76 Å². The van der Waals surface area contributed by atoms with Crippen LogP contribution in [0, 0.1) is 17.0 Å². The number of carbonyl (C=O) groups is 1. The van der Waals surface area contributed by atoms with E-state index in [2.05, 4.69) is 4.72 Å². The van der Waals surface area contributed by atoms with Crippen molar-refractivity contribution in [2.75, 3.05) is 4.72 Å². The molecule has 2 N–H and O–H groups in total. The molecule has 3 rings (SSSR count). The highest BCUT2D eigenvalue weighted by Gasteiger charge is 2.17. The van der Waals surface area contributed by atoms with Crippen LogP contribution in [-0.2, 0) is 10.0 Å². The van der Waals surface area contributed by atoms with Gasteiger partial charge in [0.2, 0.25) is 5.76 Å². The minimum Gasteiger partial charge on any atom is -0.475 e. The smallest absolute Gasteiger partial charge is 0.371 e. The highest BCUT2D eigenvalue weighted by molar-refractivity contribution is 7.92. The number of hydrogen-bond acceptors (Lipinski definition) is 6. The maximum absolute atomic E-state index is 12.5. The quantitative estimate of drug-likeness (QED) is 0.473. The summed E-state index contributed by atoms with van der Waals surface area (Å²) < 4.78 is 32.6. The molecule has 0 aliphatic carbocycles. The second-order valence-corrected chi connectivity index (χ2v) is 7.54. The second kappa shape index (κ2) is 7.16. The van der Waals surface area contributed by atoms with Crippen molar-refractivity contribution < 1.29 is 27.7 Å². The molecule has 0 atom stereocenters. The highest BCUT2D eigenvalue weighted by Crippen LogP contribution is 2.29. The van der Waals surface area contributed by atoms with Crippen LogP contribution in [0.1, 0.15) is 16.1 Å². The Morgan fingerprint density at radius 2 is 1.79 bits per heavy atom. The van der Waals surface area contributed by atoms with Gasteiger partial charge in [0.25, 0.3) is 15.7 Å². The van der Waals surface area contributed by atoms with Crippen molar-refractivity contribution in [1.82, 2.24) is 0 Å². The van der Waals surface area contributed by atoms with Gasteiger partial charge in [-0.1, -0.05) is 0 Å². The first-order valence-corrected chi connectivity index (χ1v) is 9.37. The van der Waals surface area contributed by atoms with E-state index in [1.54, 1.807) is 19.1 Å². The van der Waals surface area contributed by atoms with Gasteiger partial charge in [-0.2, -0.15) is 0 Å². The first kappa shape index (κ1) is 19.1. The first-order valence-electron chi connectivity index (χ1n) is 7.89. The number of furan rings is 1. The van der Waals surface area contributed by atoms with Crippen molar-refractivity contribution in [3.05, 3.63) is 76.0 Å². The number of hydrogen-bond donors (Lipinski definition) is 2. The molecule has 0 unspecified atom stereocenters. The number of benzene rings is 2. The molecule has 2 aromatic carbocycles. The first-order chi connectivity index (χ1) is 13.2. The van der Waals surface area contributed by atoms with Crippen molar-refractivity contribution in [2.45, 2.75) is 11.8 Å². The van der Waals surface area contributed by atoms with E-state index in [4.69, 9.17) is 9.52 Å². The zero-order valence-electron chi connectivity index (χ0n) is 14.4. The van der Waals surface area contributed by atoms with Crippen molar-refractivity contribution in [2.24, 2.45) is 0 Å². The number of nitrogens with one attached hydrogen (secondary N) is 1. The molecule has 0 bridgehead atoms. The average molecular weight is 402 g/mol. The maximum Gasteiger partial charge on any atom is 0.371 e. The number of sulfonamides is 1. The van der Waals surface area contributed by atoms with Crippen LogP contribution in [0.4, 0.5) is 11.4 Å². The molecule has 0 saturated carbocycles. The lowest BCUT2D eigenvalue weighted by atomic mass is 10.1. The van der Waals surface area contributed by atoms with Gasteiger partial charge in [0, 0.05) is 23.4 Å². The number of rotatable bonds is 6. The summed E-state index contributed by atoms with van der Waals surface area (Å²) in [6.07, 6.45) is 0. The topological polar surface area (TPSA) is 140 Å². The zero-order valence-corrected chi connectivity index (χ0v) is 15.3. The molecule has 10 heteroatoms. The summed E-state index contributed by atoms with van der Waals surface area (Å²) in [5, 5.41) is 19.6. The fourth-order valence-electron chi connectivity index (χ4n) is 2.56. The van der Waals surface area contributed by atoms with E-state index in [0.29, 0.717) is 16.9 Å². The molecule has 144 valence electrons. The van der Waals surface area contributed by atoms with Gasteiger partial charge in [-0.05, 0) is 55.0 Å². The monoisotopic (exact) mass is 402 g/mol. The van der Waals surface area contributed by atoms with E-state index in [0.717, 1.165) is 24.3 Å². The lowest BCUT2D eigenvalue weighted by Crippen LogP contribution is -2.13. The van der Waals surface area contributed by atoms with Gasteiger partial charge in [-0.15, -0.1) is 0 Å². The summed E-state index contributed by atoms with van der Waals surface area (Å²) in [6.45, 7) is 1.72. The van der Waals surface area contributed by atoms with Gasteiger partial charge in [-0.25, -0.2) is 13.2 Å². The number of nitrogens with zero attached hydrogens (tertiary/aromatic N) is 1. The van der Waals surface area contributed by atoms with Gasteiger partial charge in [0.05, 0.1) is 9.82 Å². The maximum atomic E-state index is 12.5. The molecular weight excluding hydrogens is 388 g/mol. The molecule has 3 aromatic rings. The number of nitro benzene ring substituents is 1. The normalized spacial score (nSPS) is 11.2. The van der Waals surface area contributed by atoms with Crippen LogP contribution in [0.5, 0.6) is 0 Å². The third kappa shape index (κ3) is 3.86. The molecule has 0 radical (unpaired) electrons. The summed E-state index contributed by atoms with van der Waals surface area (Å²) in [7, 11) is -3.93. The number of non-ortho nitro benzene ring substituents is 1. The van der Waals surface area contributed by atoms with Crippen LogP contribution in [0.15, 0.2) is 63.9 Å². The van der Waals surface area contributed by atoms with Crippen LogP contribution in [-0.4, -0.2) is 24.4 Å². The van der Waals surface area contributed by atoms with Crippen LogP contribution in [0.3, 0.4) is 0 Å². The Bertz CT molecular complexity index is 1160. The molecule has 1 heterocycles. The highest BCUT2D eigenvalue weighted by atomic mass is 32.2. The Balaban J connectivity index is 1.85. The molecular formula is C18H14N2O7S. The molecule has 0 spiro atoms. The SMILES string of the molecule is Cc1cc(NS(=O)(=O)c2ccc([N+](=O)[O-])cc2)ccc1-c1ccc(C(=O)O)o1. The second-order valence-electron chi connectivity index (χ2n) is 5.86. The number of carboxylic acids is 1. The summed E-state index contributed by atoms with van der Waals surface area (Å²) in [6, 6.07) is 12.1. The molecule has 28 heavy (non-hydrogen) atoms. The molecule has 0 fully saturated rings. The largest absolute Gasteiger partial charge is 0.475 e. The van der Waals surface area contributed by atoms with Gasteiger partial charge < -0.3 is 9.52 Å². The Morgan fingerprint density at radius 3 is 2.32 bits per heavy atom. The number of carboxylic acid groups (broad SMARTS) is 1. The summed E-state index contributed by atoms with van der Waals surface area (Å²) in [4.78, 5) is 20.9. The lowest BCUT2D eigenvalue weighted by molar-refractivity contribution is -0.384. The Hall–Kier alpha value is -3.66. The Labute approximate surface area is 159 Å². The molecule has 0 aliphatic rings. The number of nitro groups is 1. The zero-order chi connectivity index (χ0) is 20.5. The molecule has 0 amide bonds. The standard InChI is InChI=1S/C18H14N2O7S/c1-11-10-12(2-7-15(11)16-8-9-17(27-16)18(21)22)19-28(25,26)14-5-3-13(4-6-14)20(23)24/h2-10,19H,1H3,(H,21,22). The van der Waals surface area contributed by atoms with Crippen molar-refractivity contribution in [1.29, 1.82) is 0 Å². The average Bonchev–Trinajstić information content (AvgIpc) is 3.11. The van der Waals surface area contributed by atoms with E-state index in [9.17, 15) is 23.3 Å². The van der Waals surface area contributed by atoms with Gasteiger partial charge in [-0.3, -0.25) is 14.8 Å². The van der Waals surface area contributed by atoms with Crippen molar-refractivity contribution >= 4 is 27.4 Å². The molecule has 0 aliphatic heterocycles. The van der Waals surface area contributed by atoms with Gasteiger partial charge >= 0.3 is 5.97 Å². The minimum atomic E-state index is -3.93. The minimum absolute atomic E-state index is 0.114. The molecule has 9 nitrogen and oxygen atoms in total.